The topological polar surface area (TPSA) is 71.3 Å². The van der Waals surface area contributed by atoms with E-state index < -0.39 is 16.1 Å². The van der Waals surface area contributed by atoms with Crippen LogP contribution in [-0.2, 0) is 0 Å². The summed E-state index contributed by atoms with van der Waals surface area (Å²) >= 11 is 0. The van der Waals surface area contributed by atoms with Crippen molar-refractivity contribution in [2.75, 3.05) is 0 Å². The monoisotopic (exact) mass is 1230 g/mol. The molecular weight excluding hydrogens is 1180 g/mol. The van der Waals surface area contributed by atoms with Crippen molar-refractivity contribution in [3.05, 3.63) is 279 Å². The van der Waals surface area contributed by atoms with Gasteiger partial charge in [0.1, 0.15) is 27.8 Å². The average molecular weight is 1240 g/mol. The van der Waals surface area contributed by atoms with Gasteiger partial charge in [-0.25, -0.2) is 19.9 Å². The van der Waals surface area contributed by atoms with Crippen LogP contribution < -0.4 is 20.7 Å². The molecular formula is C84H58N8Si2. The molecule has 0 fully saturated rings. The van der Waals surface area contributed by atoms with Crippen molar-refractivity contribution < 1.29 is 0 Å². The van der Waals surface area contributed by atoms with Gasteiger partial charge < -0.3 is 9.13 Å². The molecule has 0 saturated carbocycles. The zero-order valence-corrected chi connectivity index (χ0v) is 54.1. The van der Waals surface area contributed by atoms with Gasteiger partial charge in [-0.05, 0) is 124 Å². The Hall–Kier alpha value is -11.6. The summed E-state index contributed by atoms with van der Waals surface area (Å²) < 4.78 is 9.62. The van der Waals surface area contributed by atoms with Crippen molar-refractivity contribution in [1.29, 1.82) is 0 Å². The third kappa shape index (κ3) is 7.37. The van der Waals surface area contributed by atoms with Gasteiger partial charge in [0, 0.05) is 76.0 Å². The highest BCUT2D eigenvalue weighted by atomic mass is 28.3. The molecule has 6 aromatic heterocycles. The highest BCUT2D eigenvalue weighted by Crippen LogP contribution is 2.42. The number of hydrogen-bond acceptors (Lipinski definition) is 4. The molecule has 0 amide bonds. The van der Waals surface area contributed by atoms with E-state index in [0.29, 0.717) is 11.6 Å². The summed E-state index contributed by atoms with van der Waals surface area (Å²) in [6.45, 7) is 9.91. The van der Waals surface area contributed by atoms with E-state index in [0.717, 1.165) is 78.6 Å². The first-order valence-electron chi connectivity index (χ1n) is 32.5. The summed E-state index contributed by atoms with van der Waals surface area (Å²) in [5.74, 6) is 3.35. The lowest BCUT2D eigenvalue weighted by Crippen LogP contribution is -2.51. The SMILES string of the molecule is C[Si]1(C)c2ccccc2-c2nc(-c3cccc(-n4c5ccccc5c5cc(-c6ccc7c(c6)[Si](C)(C)c6c-7nc(-c7ccc(-n8c9ccccc9c9ccccc98)cc7)nc6-n6c7ccccc7c7ccccc76)ccc54)c3)nc(-n3c4ccccc4c4ccccc43)c21. The van der Waals surface area contributed by atoms with Crippen LogP contribution >= 0.6 is 0 Å². The summed E-state index contributed by atoms with van der Waals surface area (Å²) in [6, 6.07) is 102. The second-order valence-electron chi connectivity index (χ2n) is 26.5. The smallest absolute Gasteiger partial charge is 0.162 e. The van der Waals surface area contributed by atoms with E-state index >= 15 is 0 Å². The molecule has 0 atom stereocenters. The van der Waals surface area contributed by atoms with E-state index in [1.54, 1.807) is 0 Å². The van der Waals surface area contributed by atoms with Crippen LogP contribution in [0.15, 0.2) is 279 Å². The van der Waals surface area contributed by atoms with Crippen molar-refractivity contribution in [1.82, 2.24) is 38.2 Å². The van der Waals surface area contributed by atoms with E-state index in [1.165, 1.54) is 97.1 Å². The van der Waals surface area contributed by atoms with Gasteiger partial charge in [0.2, 0.25) is 0 Å². The Morgan fingerprint density at radius 2 is 0.617 bits per heavy atom. The van der Waals surface area contributed by atoms with Gasteiger partial charge >= 0.3 is 0 Å². The molecule has 20 rings (SSSR count). The Morgan fingerprint density at radius 3 is 1.13 bits per heavy atom. The van der Waals surface area contributed by atoms with Crippen LogP contribution in [0.4, 0.5) is 0 Å². The van der Waals surface area contributed by atoms with Gasteiger partial charge in [-0.2, -0.15) is 0 Å². The fraction of sp³-hybridized carbons (Fsp3) is 0.0476. The molecule has 0 spiro atoms. The standard InChI is InChI=1S/C84H58N8Si2/c1-93(2)75-39-20-12-31-64(75)77-79(93)83(91-70-35-16-7-26-59(70)60-27-8-17-36-71(60)91)88-82(86-77)54-22-21-23-56(48-54)90-69-34-15-11-30-63(69)66-49-52(43-47-74(66)90)53-42-46-65-76(50-53)94(3,4)80-78(65)85-81(87-84(80)92-72-37-18-9-28-61(72)62-29-10-19-38-73(62)92)51-40-44-55(45-41-51)89-67-32-13-5-24-57(67)58-25-6-14-33-68(58)89/h5-50H,1-4H3. The second kappa shape index (κ2) is 19.5. The van der Waals surface area contributed by atoms with Crippen molar-refractivity contribution in [3.8, 4) is 79.4 Å². The maximum absolute atomic E-state index is 5.75. The molecule has 0 unspecified atom stereocenters. The van der Waals surface area contributed by atoms with Crippen LogP contribution in [0.3, 0.4) is 0 Å². The van der Waals surface area contributed by atoms with Crippen LogP contribution in [0.25, 0.3) is 167 Å². The fourth-order valence-electron chi connectivity index (χ4n) is 16.4. The lowest BCUT2D eigenvalue weighted by molar-refractivity contribution is 1.06. The molecule has 2 aliphatic heterocycles. The highest BCUT2D eigenvalue weighted by Gasteiger charge is 2.44. The van der Waals surface area contributed by atoms with Gasteiger partial charge in [-0.15, -0.1) is 0 Å². The number of nitrogens with zero attached hydrogens (tertiary/aromatic N) is 8. The Labute approximate surface area is 543 Å². The highest BCUT2D eigenvalue weighted by molar-refractivity contribution is 7.05. The molecule has 0 N–H and O–H groups in total. The second-order valence-corrected chi connectivity index (χ2v) is 35.1. The summed E-state index contributed by atoms with van der Waals surface area (Å²) in [5.41, 5.74) is 20.1. The summed E-state index contributed by atoms with van der Waals surface area (Å²) in [7, 11) is -4.82. The van der Waals surface area contributed by atoms with Crippen molar-refractivity contribution in [2.24, 2.45) is 0 Å². The largest absolute Gasteiger partial charge is 0.309 e. The molecule has 0 bridgehead atoms. The van der Waals surface area contributed by atoms with Gasteiger partial charge in [0.15, 0.2) is 11.6 Å². The molecule has 8 nitrogen and oxygen atoms in total. The first-order chi connectivity index (χ1) is 46.2. The minimum absolute atomic E-state index is 0.707. The molecule has 442 valence electrons. The normalized spacial score (nSPS) is 13.7. The first kappa shape index (κ1) is 53.1. The molecule has 2 aliphatic rings. The number of para-hydroxylation sites is 7. The van der Waals surface area contributed by atoms with Crippen LogP contribution in [0.1, 0.15) is 0 Å². The molecule has 12 aromatic carbocycles. The van der Waals surface area contributed by atoms with E-state index in [-0.39, 0.29) is 0 Å². The number of hydrogen-bond donors (Lipinski definition) is 0. The molecule has 18 aromatic rings. The average Bonchev–Trinajstić information content (AvgIpc) is 1.55. The molecule has 94 heavy (non-hydrogen) atoms. The Balaban J connectivity index is 0.719. The van der Waals surface area contributed by atoms with E-state index in [9.17, 15) is 0 Å². The number of fused-ring (bicyclic) bond motifs is 18. The molecule has 0 aliphatic carbocycles. The lowest BCUT2D eigenvalue weighted by atomic mass is 10.0. The quantitative estimate of drug-likeness (QED) is 0.149. The Bertz CT molecular complexity index is 6160. The van der Waals surface area contributed by atoms with E-state index in [2.05, 4.69) is 324 Å². The predicted octanol–water partition coefficient (Wildman–Crippen LogP) is 18.3. The zero-order chi connectivity index (χ0) is 62.3. The maximum Gasteiger partial charge on any atom is 0.162 e. The third-order valence-electron chi connectivity index (χ3n) is 20.7. The van der Waals surface area contributed by atoms with Crippen LogP contribution in [0.2, 0.25) is 26.2 Å². The molecule has 10 heteroatoms. The van der Waals surface area contributed by atoms with Gasteiger partial charge in [-0.3, -0.25) is 9.13 Å². The van der Waals surface area contributed by atoms with Crippen molar-refractivity contribution in [3.63, 3.8) is 0 Å². The third-order valence-corrected chi connectivity index (χ3v) is 27.7. The minimum Gasteiger partial charge on any atom is -0.309 e. The van der Waals surface area contributed by atoms with Crippen LogP contribution in [0.5, 0.6) is 0 Å². The van der Waals surface area contributed by atoms with Gasteiger partial charge in [-0.1, -0.05) is 214 Å². The van der Waals surface area contributed by atoms with Crippen molar-refractivity contribution in [2.45, 2.75) is 26.2 Å². The lowest BCUT2D eigenvalue weighted by Gasteiger charge is -2.23. The number of aromatic nitrogens is 8. The summed E-state index contributed by atoms with van der Waals surface area (Å²) in [4.78, 5) is 22.8. The molecule has 0 saturated heterocycles. The van der Waals surface area contributed by atoms with Gasteiger partial charge in [0.05, 0.1) is 55.5 Å². The number of benzene rings is 12. The van der Waals surface area contributed by atoms with Crippen LogP contribution in [0, 0.1) is 0 Å². The summed E-state index contributed by atoms with van der Waals surface area (Å²) in [6.07, 6.45) is 0. The predicted molar refractivity (Wildman–Crippen MR) is 396 cm³/mol. The molecule has 0 radical (unpaired) electrons. The van der Waals surface area contributed by atoms with Gasteiger partial charge in [0.25, 0.3) is 0 Å². The Morgan fingerprint density at radius 1 is 0.245 bits per heavy atom. The van der Waals surface area contributed by atoms with Crippen LogP contribution in [-0.4, -0.2) is 54.4 Å². The fourth-order valence-corrected chi connectivity index (χ4v) is 22.8. The Kier molecular flexibility index (Phi) is 11.0. The maximum atomic E-state index is 5.75. The van der Waals surface area contributed by atoms with E-state index in [1.807, 2.05) is 0 Å². The number of rotatable bonds is 7. The zero-order valence-electron chi connectivity index (χ0n) is 52.1. The minimum atomic E-state index is -2.55. The first-order valence-corrected chi connectivity index (χ1v) is 38.5. The summed E-state index contributed by atoms with van der Waals surface area (Å²) in [5, 5.41) is 15.0. The van der Waals surface area contributed by atoms with E-state index in [4.69, 9.17) is 19.9 Å². The van der Waals surface area contributed by atoms with Crippen molar-refractivity contribution >= 4 is 124 Å². The molecule has 8 heterocycles.